The molecule has 33 heavy (non-hydrogen) atoms. The van der Waals surface area contributed by atoms with E-state index in [-0.39, 0.29) is 5.92 Å². The quantitative estimate of drug-likeness (QED) is 0.384. The molecule has 1 N–H and O–H groups in total. The van der Waals surface area contributed by atoms with Crippen LogP contribution in [0.15, 0.2) is 48.5 Å². The van der Waals surface area contributed by atoms with Crippen molar-refractivity contribution in [1.82, 2.24) is 5.32 Å². The van der Waals surface area contributed by atoms with Gasteiger partial charge in [0.2, 0.25) is 0 Å². The standard InChI is InChI=1S/C26H35NO6/c1-2-29-14-15-31-18-19-32-17-16-30-13-7-12-27-26(28)33-20-25-23-10-5-3-8-21(23)22-9-4-6-11-24(22)25/h3-6,8-11,25H,2,7,12-20H2,1H3,(H,27,28). The molecule has 7 heteroatoms. The predicted octanol–water partition coefficient (Wildman–Crippen LogP) is 4.00. The van der Waals surface area contributed by atoms with Crippen molar-refractivity contribution in [3.05, 3.63) is 59.7 Å². The van der Waals surface area contributed by atoms with E-state index >= 15 is 0 Å². The molecule has 0 spiro atoms. The summed E-state index contributed by atoms with van der Waals surface area (Å²) in [7, 11) is 0. The number of hydrogen-bond donors (Lipinski definition) is 1. The average molecular weight is 458 g/mol. The first-order valence-electron chi connectivity index (χ1n) is 11.7. The van der Waals surface area contributed by atoms with Crippen molar-refractivity contribution in [3.8, 4) is 11.1 Å². The fourth-order valence-corrected chi connectivity index (χ4v) is 3.82. The van der Waals surface area contributed by atoms with Gasteiger partial charge < -0.3 is 29.0 Å². The van der Waals surface area contributed by atoms with E-state index in [1.54, 1.807) is 0 Å². The van der Waals surface area contributed by atoms with Gasteiger partial charge >= 0.3 is 6.09 Å². The number of hydrogen-bond acceptors (Lipinski definition) is 6. The van der Waals surface area contributed by atoms with Gasteiger partial charge in [-0.3, -0.25) is 0 Å². The molecule has 7 nitrogen and oxygen atoms in total. The Morgan fingerprint density at radius 2 is 1.27 bits per heavy atom. The minimum atomic E-state index is -0.399. The third kappa shape index (κ3) is 8.12. The Labute approximate surface area is 196 Å². The smallest absolute Gasteiger partial charge is 0.407 e. The molecule has 2 aromatic rings. The Hall–Kier alpha value is -2.45. The number of alkyl carbamates (subject to hydrolysis) is 1. The lowest BCUT2D eigenvalue weighted by molar-refractivity contribution is -0.000659. The molecule has 0 bridgehead atoms. The Balaban J connectivity index is 1.21. The average Bonchev–Trinajstić information content (AvgIpc) is 3.16. The van der Waals surface area contributed by atoms with E-state index in [9.17, 15) is 4.79 Å². The predicted molar refractivity (Wildman–Crippen MR) is 127 cm³/mol. The van der Waals surface area contributed by atoms with Crippen molar-refractivity contribution in [2.45, 2.75) is 19.3 Å². The molecule has 0 aromatic heterocycles. The van der Waals surface area contributed by atoms with Crippen LogP contribution in [0.2, 0.25) is 0 Å². The van der Waals surface area contributed by atoms with Gasteiger partial charge in [-0.05, 0) is 35.6 Å². The highest BCUT2D eigenvalue weighted by molar-refractivity contribution is 5.79. The fourth-order valence-electron chi connectivity index (χ4n) is 3.82. The third-order valence-electron chi connectivity index (χ3n) is 5.40. The molecule has 1 aliphatic rings. The third-order valence-corrected chi connectivity index (χ3v) is 5.40. The summed E-state index contributed by atoms with van der Waals surface area (Å²) in [4.78, 5) is 12.1. The number of benzene rings is 2. The molecule has 0 heterocycles. The number of carbonyl (C=O) groups excluding carboxylic acids is 1. The summed E-state index contributed by atoms with van der Waals surface area (Å²) in [6, 6.07) is 16.6. The number of fused-ring (bicyclic) bond motifs is 3. The maximum atomic E-state index is 12.1. The molecule has 0 atom stereocenters. The lowest BCUT2D eigenvalue weighted by Gasteiger charge is -2.14. The molecule has 2 aromatic carbocycles. The molecular weight excluding hydrogens is 422 g/mol. The topological polar surface area (TPSA) is 75.3 Å². The summed E-state index contributed by atoms with van der Waals surface area (Å²) in [5.41, 5.74) is 4.85. The molecule has 0 fully saturated rings. The zero-order chi connectivity index (χ0) is 23.1. The van der Waals surface area contributed by atoms with Crippen LogP contribution in [0.5, 0.6) is 0 Å². The van der Waals surface area contributed by atoms with Crippen LogP contribution in [-0.2, 0) is 23.7 Å². The summed E-state index contributed by atoms with van der Waals surface area (Å²) in [5, 5.41) is 2.80. The van der Waals surface area contributed by atoms with Crippen molar-refractivity contribution < 1.29 is 28.5 Å². The van der Waals surface area contributed by atoms with Gasteiger partial charge in [-0.25, -0.2) is 4.79 Å². The van der Waals surface area contributed by atoms with E-state index in [0.29, 0.717) is 72.4 Å². The van der Waals surface area contributed by atoms with Crippen LogP contribution in [0.3, 0.4) is 0 Å². The zero-order valence-electron chi connectivity index (χ0n) is 19.4. The molecule has 180 valence electrons. The summed E-state index contributed by atoms with van der Waals surface area (Å²) in [6.07, 6.45) is 0.314. The molecular formula is C26H35NO6. The van der Waals surface area contributed by atoms with E-state index in [0.717, 1.165) is 0 Å². The van der Waals surface area contributed by atoms with Crippen molar-refractivity contribution in [2.24, 2.45) is 0 Å². The lowest BCUT2D eigenvalue weighted by atomic mass is 9.98. The van der Waals surface area contributed by atoms with Crippen molar-refractivity contribution in [2.75, 3.05) is 66.0 Å². The fraction of sp³-hybridized carbons (Fsp3) is 0.500. The largest absolute Gasteiger partial charge is 0.449 e. The molecule has 0 saturated carbocycles. The summed E-state index contributed by atoms with van der Waals surface area (Å²) < 4.78 is 27.0. The van der Waals surface area contributed by atoms with Crippen LogP contribution >= 0.6 is 0 Å². The molecule has 0 saturated heterocycles. The number of carbonyl (C=O) groups is 1. The van der Waals surface area contributed by atoms with Crippen LogP contribution in [0.25, 0.3) is 11.1 Å². The van der Waals surface area contributed by atoms with Crippen molar-refractivity contribution in [1.29, 1.82) is 0 Å². The Bertz CT molecular complexity index is 798. The molecule has 1 amide bonds. The summed E-state index contributed by atoms with van der Waals surface area (Å²) >= 11 is 0. The van der Waals surface area contributed by atoms with E-state index in [1.165, 1.54) is 22.3 Å². The normalized spacial score (nSPS) is 12.4. The molecule has 0 unspecified atom stereocenters. The van der Waals surface area contributed by atoms with Gasteiger partial charge in [0, 0.05) is 25.7 Å². The highest BCUT2D eigenvalue weighted by Crippen LogP contribution is 2.44. The van der Waals surface area contributed by atoms with E-state index in [1.807, 2.05) is 31.2 Å². The van der Waals surface area contributed by atoms with Crippen LogP contribution in [0, 0.1) is 0 Å². The highest BCUT2D eigenvalue weighted by atomic mass is 16.6. The number of rotatable bonds is 16. The van der Waals surface area contributed by atoms with Crippen LogP contribution in [0.1, 0.15) is 30.4 Å². The van der Waals surface area contributed by atoms with Gasteiger partial charge in [0.15, 0.2) is 0 Å². The number of nitrogens with one attached hydrogen (secondary N) is 1. The minimum Gasteiger partial charge on any atom is -0.449 e. The van der Waals surface area contributed by atoms with Gasteiger partial charge in [0.25, 0.3) is 0 Å². The summed E-state index contributed by atoms with van der Waals surface area (Å²) in [6.45, 7) is 7.38. The highest BCUT2D eigenvalue weighted by Gasteiger charge is 2.28. The maximum absolute atomic E-state index is 12.1. The monoisotopic (exact) mass is 457 g/mol. The van der Waals surface area contributed by atoms with E-state index in [4.69, 9.17) is 23.7 Å². The van der Waals surface area contributed by atoms with Crippen LogP contribution in [0.4, 0.5) is 4.79 Å². The molecule has 0 aliphatic heterocycles. The second-order valence-corrected chi connectivity index (χ2v) is 7.64. The second-order valence-electron chi connectivity index (χ2n) is 7.64. The van der Waals surface area contributed by atoms with Gasteiger partial charge in [0.05, 0.1) is 39.6 Å². The number of amides is 1. The van der Waals surface area contributed by atoms with E-state index < -0.39 is 6.09 Å². The first-order valence-corrected chi connectivity index (χ1v) is 11.7. The van der Waals surface area contributed by atoms with Crippen molar-refractivity contribution in [3.63, 3.8) is 0 Å². The Morgan fingerprint density at radius 1 is 0.758 bits per heavy atom. The van der Waals surface area contributed by atoms with Gasteiger partial charge in [-0.15, -0.1) is 0 Å². The first-order chi connectivity index (χ1) is 16.3. The van der Waals surface area contributed by atoms with Crippen LogP contribution in [-0.4, -0.2) is 72.1 Å². The first kappa shape index (κ1) is 25.2. The lowest BCUT2D eigenvalue weighted by Crippen LogP contribution is -2.27. The second kappa shape index (κ2) is 14.6. The van der Waals surface area contributed by atoms with Gasteiger partial charge in [0.1, 0.15) is 6.61 Å². The maximum Gasteiger partial charge on any atom is 0.407 e. The minimum absolute atomic E-state index is 0.0709. The molecule has 0 radical (unpaired) electrons. The Morgan fingerprint density at radius 3 is 1.85 bits per heavy atom. The zero-order valence-corrected chi connectivity index (χ0v) is 19.4. The molecule has 1 aliphatic carbocycles. The van der Waals surface area contributed by atoms with Gasteiger partial charge in [-0.2, -0.15) is 0 Å². The Kier molecular flexibility index (Phi) is 11.2. The van der Waals surface area contributed by atoms with Crippen LogP contribution < -0.4 is 5.32 Å². The molecule has 3 rings (SSSR count). The van der Waals surface area contributed by atoms with Gasteiger partial charge in [-0.1, -0.05) is 48.5 Å². The van der Waals surface area contributed by atoms with E-state index in [2.05, 4.69) is 29.6 Å². The SMILES string of the molecule is CCOCCOCCOCCOCCCNC(=O)OCC1c2ccccc2-c2ccccc21. The van der Waals surface area contributed by atoms with Crippen molar-refractivity contribution >= 4 is 6.09 Å². The number of ether oxygens (including phenoxy) is 5. The summed E-state index contributed by atoms with van der Waals surface area (Å²) in [5.74, 6) is 0.0709.